The number of methoxy groups -OCH3 is 1. The molecule has 0 aliphatic heterocycles. The van der Waals surface area contributed by atoms with Crippen molar-refractivity contribution in [2.75, 3.05) is 12.4 Å². The summed E-state index contributed by atoms with van der Waals surface area (Å²) in [4.78, 5) is 19.9. The summed E-state index contributed by atoms with van der Waals surface area (Å²) in [7, 11) is 1.32. The summed E-state index contributed by atoms with van der Waals surface area (Å²) in [6.07, 6.45) is 1.71. The summed E-state index contributed by atoms with van der Waals surface area (Å²) < 4.78 is 4.68. The number of ether oxygens (including phenoxy) is 1. The van der Waals surface area contributed by atoms with Crippen LogP contribution >= 0.6 is 11.6 Å². The van der Waals surface area contributed by atoms with Crippen molar-refractivity contribution in [2.24, 2.45) is 0 Å². The minimum absolute atomic E-state index is 0.332. The van der Waals surface area contributed by atoms with Crippen molar-refractivity contribution < 1.29 is 9.53 Å². The number of rotatable bonds is 4. The molecule has 0 unspecified atom stereocenters. The molecule has 0 bridgehead atoms. The summed E-state index contributed by atoms with van der Waals surface area (Å²) in [5.74, 6) is 0.257. The second-order valence-corrected chi connectivity index (χ2v) is 4.54. The molecular formula is C14H14ClN3O2. The number of hydrogen-bond donors (Lipinski definition) is 1. The van der Waals surface area contributed by atoms with E-state index in [4.69, 9.17) is 11.6 Å². The highest BCUT2D eigenvalue weighted by Crippen LogP contribution is 2.21. The Balaban J connectivity index is 2.12. The van der Waals surface area contributed by atoms with E-state index in [2.05, 4.69) is 20.0 Å². The van der Waals surface area contributed by atoms with Crippen molar-refractivity contribution in [2.45, 2.75) is 13.5 Å². The summed E-state index contributed by atoms with van der Waals surface area (Å²) in [6.45, 7) is 2.37. The van der Waals surface area contributed by atoms with Crippen LogP contribution in [0.15, 0.2) is 30.5 Å². The van der Waals surface area contributed by atoms with E-state index in [0.29, 0.717) is 17.1 Å². The van der Waals surface area contributed by atoms with E-state index in [0.717, 1.165) is 17.2 Å². The molecule has 0 saturated carbocycles. The summed E-state index contributed by atoms with van der Waals surface area (Å²) in [5.41, 5.74) is 1.97. The average molecular weight is 292 g/mol. The van der Waals surface area contributed by atoms with Gasteiger partial charge in [0.2, 0.25) is 0 Å². The molecule has 20 heavy (non-hydrogen) atoms. The third-order valence-corrected chi connectivity index (χ3v) is 3.01. The van der Waals surface area contributed by atoms with Gasteiger partial charge in [-0.05, 0) is 31.2 Å². The number of halogens is 1. The number of esters is 1. The second kappa shape index (κ2) is 6.34. The molecule has 1 aromatic carbocycles. The van der Waals surface area contributed by atoms with Crippen molar-refractivity contribution in [3.63, 3.8) is 0 Å². The lowest BCUT2D eigenvalue weighted by atomic mass is 10.2. The highest BCUT2D eigenvalue weighted by Gasteiger charge is 2.11. The Hall–Kier alpha value is -2.14. The fraction of sp³-hybridized carbons (Fsp3) is 0.214. The highest BCUT2D eigenvalue weighted by molar-refractivity contribution is 6.33. The Morgan fingerprint density at radius 2 is 2.20 bits per heavy atom. The van der Waals surface area contributed by atoms with Gasteiger partial charge in [0.25, 0.3) is 0 Å². The van der Waals surface area contributed by atoms with E-state index in [1.807, 2.05) is 13.0 Å². The van der Waals surface area contributed by atoms with Gasteiger partial charge >= 0.3 is 5.97 Å². The van der Waals surface area contributed by atoms with Crippen molar-refractivity contribution in [1.82, 2.24) is 9.97 Å². The van der Waals surface area contributed by atoms with Gasteiger partial charge in [-0.3, -0.25) is 0 Å². The first-order chi connectivity index (χ1) is 9.60. The zero-order chi connectivity index (χ0) is 14.5. The maximum Gasteiger partial charge on any atom is 0.339 e. The topological polar surface area (TPSA) is 64.1 Å². The SMILES string of the molecule is COC(=O)c1cc(NCc2ccnc(C)n2)ccc1Cl. The zero-order valence-electron chi connectivity index (χ0n) is 11.2. The average Bonchev–Trinajstić information content (AvgIpc) is 2.45. The number of carbonyl (C=O) groups excluding carboxylic acids is 1. The summed E-state index contributed by atoms with van der Waals surface area (Å²) in [5, 5.41) is 3.54. The zero-order valence-corrected chi connectivity index (χ0v) is 11.9. The van der Waals surface area contributed by atoms with Crippen LogP contribution in [0.2, 0.25) is 5.02 Å². The number of benzene rings is 1. The third-order valence-electron chi connectivity index (χ3n) is 2.68. The lowest BCUT2D eigenvalue weighted by molar-refractivity contribution is 0.0601. The van der Waals surface area contributed by atoms with Crippen molar-refractivity contribution in [1.29, 1.82) is 0 Å². The van der Waals surface area contributed by atoms with Crippen molar-refractivity contribution in [3.05, 3.63) is 52.6 Å². The Bertz CT molecular complexity index is 632. The maximum absolute atomic E-state index is 11.6. The minimum Gasteiger partial charge on any atom is -0.465 e. The Morgan fingerprint density at radius 1 is 1.40 bits per heavy atom. The molecule has 6 heteroatoms. The van der Waals surface area contributed by atoms with Gasteiger partial charge in [-0.15, -0.1) is 0 Å². The molecule has 5 nitrogen and oxygen atoms in total. The van der Waals surface area contributed by atoms with Gasteiger partial charge in [0.15, 0.2) is 0 Å². The van der Waals surface area contributed by atoms with Crippen LogP contribution in [0.4, 0.5) is 5.69 Å². The van der Waals surface area contributed by atoms with Crippen LogP contribution < -0.4 is 5.32 Å². The number of nitrogens with one attached hydrogen (secondary N) is 1. The molecule has 1 heterocycles. The van der Waals surface area contributed by atoms with Gasteiger partial charge in [-0.1, -0.05) is 11.6 Å². The molecule has 1 N–H and O–H groups in total. The van der Waals surface area contributed by atoms with Gasteiger partial charge < -0.3 is 10.1 Å². The molecule has 0 amide bonds. The van der Waals surface area contributed by atoms with E-state index in [1.54, 1.807) is 24.4 Å². The first kappa shape index (κ1) is 14.3. The smallest absolute Gasteiger partial charge is 0.339 e. The molecule has 2 aromatic rings. The fourth-order valence-electron chi connectivity index (χ4n) is 1.70. The van der Waals surface area contributed by atoms with E-state index in [-0.39, 0.29) is 0 Å². The Labute approximate surface area is 122 Å². The Kier molecular flexibility index (Phi) is 4.53. The van der Waals surface area contributed by atoms with Crippen LogP contribution in [-0.4, -0.2) is 23.0 Å². The summed E-state index contributed by atoms with van der Waals surface area (Å²) in [6, 6.07) is 6.93. The van der Waals surface area contributed by atoms with Gasteiger partial charge in [-0.25, -0.2) is 14.8 Å². The molecule has 0 aliphatic rings. The molecule has 104 valence electrons. The largest absolute Gasteiger partial charge is 0.465 e. The summed E-state index contributed by atoms with van der Waals surface area (Å²) >= 11 is 5.96. The molecule has 0 atom stereocenters. The molecule has 2 rings (SSSR count). The quantitative estimate of drug-likeness (QED) is 0.878. The number of aromatic nitrogens is 2. The maximum atomic E-state index is 11.6. The third kappa shape index (κ3) is 3.45. The van der Waals surface area contributed by atoms with Crippen LogP contribution in [0.25, 0.3) is 0 Å². The standard InChI is InChI=1S/C14H14ClN3O2/c1-9-16-6-5-11(18-9)8-17-10-3-4-13(15)12(7-10)14(19)20-2/h3-7,17H,8H2,1-2H3. The van der Waals surface area contributed by atoms with Crippen molar-refractivity contribution >= 4 is 23.3 Å². The number of hydrogen-bond acceptors (Lipinski definition) is 5. The van der Waals surface area contributed by atoms with Gasteiger partial charge in [0.05, 0.1) is 29.9 Å². The first-order valence-corrected chi connectivity index (χ1v) is 6.38. The van der Waals surface area contributed by atoms with Gasteiger partial charge in [-0.2, -0.15) is 0 Å². The van der Waals surface area contributed by atoms with Crippen LogP contribution in [0.1, 0.15) is 21.9 Å². The van der Waals surface area contributed by atoms with Gasteiger partial charge in [0.1, 0.15) is 5.82 Å². The van der Waals surface area contributed by atoms with E-state index in [9.17, 15) is 4.79 Å². The number of nitrogens with zero attached hydrogens (tertiary/aromatic N) is 2. The van der Waals surface area contributed by atoms with Crippen LogP contribution in [0, 0.1) is 6.92 Å². The highest BCUT2D eigenvalue weighted by atomic mass is 35.5. The van der Waals surface area contributed by atoms with Crippen molar-refractivity contribution in [3.8, 4) is 0 Å². The molecule has 0 fully saturated rings. The molecule has 0 saturated heterocycles. The molecule has 1 aromatic heterocycles. The monoisotopic (exact) mass is 291 g/mol. The normalized spacial score (nSPS) is 10.2. The predicted molar refractivity (Wildman–Crippen MR) is 76.9 cm³/mol. The second-order valence-electron chi connectivity index (χ2n) is 4.13. The molecule has 0 radical (unpaired) electrons. The van der Waals surface area contributed by atoms with E-state index in [1.165, 1.54) is 7.11 Å². The fourth-order valence-corrected chi connectivity index (χ4v) is 1.89. The van der Waals surface area contributed by atoms with Crippen LogP contribution in [-0.2, 0) is 11.3 Å². The molecule has 0 spiro atoms. The lowest BCUT2D eigenvalue weighted by Crippen LogP contribution is -2.06. The van der Waals surface area contributed by atoms with E-state index < -0.39 is 5.97 Å². The lowest BCUT2D eigenvalue weighted by Gasteiger charge is -2.09. The van der Waals surface area contributed by atoms with Crippen LogP contribution in [0.5, 0.6) is 0 Å². The van der Waals surface area contributed by atoms with E-state index >= 15 is 0 Å². The first-order valence-electron chi connectivity index (χ1n) is 6.00. The molecule has 0 aliphatic carbocycles. The molecular weight excluding hydrogens is 278 g/mol. The Morgan fingerprint density at radius 3 is 2.90 bits per heavy atom. The predicted octanol–water partition coefficient (Wildman–Crippen LogP) is 2.84. The number of carbonyl (C=O) groups is 1. The minimum atomic E-state index is -0.462. The van der Waals surface area contributed by atoms with Crippen LogP contribution in [0.3, 0.4) is 0 Å². The number of anilines is 1. The van der Waals surface area contributed by atoms with Gasteiger partial charge in [0, 0.05) is 11.9 Å². The number of aryl methyl sites for hydroxylation is 1.